The van der Waals surface area contributed by atoms with Gasteiger partial charge in [-0.05, 0) is 61.4 Å². The Labute approximate surface area is 191 Å². The summed E-state index contributed by atoms with van der Waals surface area (Å²) in [5, 5.41) is 6.28. The number of nitrogens with one attached hydrogen (secondary N) is 2. The Morgan fingerprint density at radius 1 is 1.16 bits per heavy atom. The number of benzene rings is 1. The summed E-state index contributed by atoms with van der Waals surface area (Å²) in [7, 11) is -1.50. The molecule has 1 aromatic heterocycles. The van der Waals surface area contributed by atoms with Crippen LogP contribution in [-0.2, 0) is 27.5 Å². The van der Waals surface area contributed by atoms with Crippen LogP contribution in [-0.4, -0.2) is 44.9 Å². The molecule has 1 unspecified atom stereocenters. The van der Waals surface area contributed by atoms with Crippen molar-refractivity contribution in [1.29, 1.82) is 0 Å². The van der Waals surface area contributed by atoms with Crippen LogP contribution in [0.1, 0.15) is 45.6 Å². The van der Waals surface area contributed by atoms with E-state index in [0.717, 1.165) is 47.4 Å². The lowest BCUT2D eigenvalue weighted by Gasteiger charge is -2.15. The molecule has 0 bridgehead atoms. The van der Waals surface area contributed by atoms with Gasteiger partial charge in [-0.25, -0.2) is 8.42 Å². The number of ether oxygens (including phenoxy) is 1. The van der Waals surface area contributed by atoms with Gasteiger partial charge in [0.2, 0.25) is 5.91 Å². The third-order valence-corrected chi connectivity index (χ3v) is 8.72. The number of hydrogen-bond donors (Lipinski definition) is 2. The van der Waals surface area contributed by atoms with Crippen molar-refractivity contribution < 1.29 is 22.7 Å². The summed E-state index contributed by atoms with van der Waals surface area (Å²) in [6, 6.07) is 6.94. The molecule has 170 valence electrons. The molecule has 1 fully saturated rings. The molecule has 7 nitrogen and oxygen atoms in total. The number of sulfone groups is 1. The van der Waals surface area contributed by atoms with Crippen LogP contribution in [0.4, 0.5) is 5.00 Å². The van der Waals surface area contributed by atoms with Crippen molar-refractivity contribution in [2.24, 2.45) is 0 Å². The van der Waals surface area contributed by atoms with Crippen molar-refractivity contribution in [3.05, 3.63) is 51.9 Å². The van der Waals surface area contributed by atoms with Gasteiger partial charge in [0.15, 0.2) is 9.84 Å². The maximum absolute atomic E-state index is 13.1. The van der Waals surface area contributed by atoms with Crippen LogP contribution in [0.3, 0.4) is 0 Å². The highest BCUT2D eigenvalue weighted by Crippen LogP contribution is 2.38. The van der Waals surface area contributed by atoms with Gasteiger partial charge in [0.1, 0.15) is 10.8 Å². The van der Waals surface area contributed by atoms with Gasteiger partial charge >= 0.3 is 0 Å². The molecule has 2 aliphatic rings. The Morgan fingerprint density at radius 3 is 2.59 bits per heavy atom. The summed E-state index contributed by atoms with van der Waals surface area (Å²) in [5.41, 5.74) is 2.32. The van der Waals surface area contributed by atoms with Crippen molar-refractivity contribution in [3.8, 4) is 5.75 Å². The van der Waals surface area contributed by atoms with Gasteiger partial charge in [-0.15, -0.1) is 11.3 Å². The van der Waals surface area contributed by atoms with Gasteiger partial charge in [0, 0.05) is 17.0 Å². The topological polar surface area (TPSA) is 102 Å². The van der Waals surface area contributed by atoms with Crippen molar-refractivity contribution in [2.45, 2.75) is 38.1 Å². The highest BCUT2D eigenvalue weighted by Gasteiger charge is 2.32. The third kappa shape index (κ3) is 5.21. The second-order valence-corrected chi connectivity index (χ2v) is 11.4. The van der Waals surface area contributed by atoms with E-state index in [1.54, 1.807) is 13.2 Å². The van der Waals surface area contributed by atoms with Crippen LogP contribution in [0, 0.1) is 0 Å². The lowest BCUT2D eigenvalue weighted by Crippen LogP contribution is -2.36. The molecule has 2 heterocycles. The van der Waals surface area contributed by atoms with E-state index in [4.69, 9.17) is 4.74 Å². The zero-order valence-corrected chi connectivity index (χ0v) is 19.5. The fourth-order valence-electron chi connectivity index (χ4n) is 4.10. The first-order chi connectivity index (χ1) is 15.3. The standard InChI is InChI=1S/C23H26N2O5S2/c1-30-17-9-6-15(7-10-17)8-11-20(26)25-23-21(18-4-2-3-5-19(18)31-23)22(27)24-16-12-13-32(28,29)14-16/h6-11,16H,2-5,12-14H2,1H3,(H,24,27)(H,25,26). The van der Waals surface area contributed by atoms with E-state index < -0.39 is 9.84 Å². The van der Waals surface area contributed by atoms with Gasteiger partial charge in [-0.3, -0.25) is 9.59 Å². The number of thiophene rings is 1. The quantitative estimate of drug-likeness (QED) is 0.626. The monoisotopic (exact) mass is 474 g/mol. The van der Waals surface area contributed by atoms with Crippen LogP contribution in [0.5, 0.6) is 5.75 Å². The largest absolute Gasteiger partial charge is 0.497 e. The summed E-state index contributed by atoms with van der Waals surface area (Å²) in [6.45, 7) is 0. The predicted molar refractivity (Wildman–Crippen MR) is 126 cm³/mol. The molecule has 2 amide bonds. The van der Waals surface area contributed by atoms with Crippen molar-refractivity contribution >= 4 is 44.1 Å². The first-order valence-electron chi connectivity index (χ1n) is 10.6. The van der Waals surface area contributed by atoms with E-state index >= 15 is 0 Å². The van der Waals surface area contributed by atoms with E-state index in [1.807, 2.05) is 24.3 Å². The van der Waals surface area contributed by atoms with E-state index in [9.17, 15) is 18.0 Å². The normalized spacial score (nSPS) is 19.5. The van der Waals surface area contributed by atoms with Crippen molar-refractivity contribution in [1.82, 2.24) is 5.32 Å². The molecule has 1 atom stereocenters. The number of methoxy groups -OCH3 is 1. The zero-order valence-electron chi connectivity index (χ0n) is 17.8. The smallest absolute Gasteiger partial charge is 0.254 e. The third-order valence-electron chi connectivity index (χ3n) is 5.75. The van der Waals surface area contributed by atoms with Gasteiger partial charge in [0.25, 0.3) is 5.91 Å². The van der Waals surface area contributed by atoms with Gasteiger partial charge in [0.05, 0.1) is 24.2 Å². The zero-order chi connectivity index (χ0) is 22.7. The Kier molecular flexibility index (Phi) is 6.66. The minimum Gasteiger partial charge on any atom is -0.497 e. The SMILES string of the molecule is COc1ccc(C=CC(=O)Nc2sc3c(c2C(=O)NC2CCS(=O)(=O)C2)CCCC3)cc1. The maximum Gasteiger partial charge on any atom is 0.254 e. The molecule has 0 spiro atoms. The first kappa shape index (κ1) is 22.5. The van der Waals surface area contributed by atoms with Gasteiger partial charge in [-0.2, -0.15) is 0 Å². The number of aryl methyl sites for hydroxylation is 1. The van der Waals surface area contributed by atoms with Gasteiger partial charge < -0.3 is 15.4 Å². The van der Waals surface area contributed by atoms with E-state index in [1.165, 1.54) is 17.4 Å². The highest BCUT2D eigenvalue weighted by molar-refractivity contribution is 7.91. The second-order valence-electron chi connectivity index (χ2n) is 8.08. The Hall–Kier alpha value is -2.65. The summed E-state index contributed by atoms with van der Waals surface area (Å²) < 4.78 is 28.7. The number of anilines is 1. The molecule has 2 aromatic rings. The molecular weight excluding hydrogens is 448 g/mol. The van der Waals surface area contributed by atoms with Crippen LogP contribution in [0.15, 0.2) is 30.3 Å². The number of hydrogen-bond acceptors (Lipinski definition) is 6. The fraction of sp³-hybridized carbons (Fsp3) is 0.391. The molecule has 4 rings (SSSR count). The number of carbonyl (C=O) groups is 2. The first-order valence-corrected chi connectivity index (χ1v) is 13.3. The number of fused-ring (bicyclic) bond motifs is 1. The van der Waals surface area contributed by atoms with Crippen molar-refractivity contribution in [2.75, 3.05) is 23.9 Å². The molecule has 32 heavy (non-hydrogen) atoms. The van der Waals surface area contributed by atoms with E-state index in [0.29, 0.717) is 17.0 Å². The Morgan fingerprint density at radius 2 is 1.91 bits per heavy atom. The molecule has 0 radical (unpaired) electrons. The molecule has 1 saturated heterocycles. The second kappa shape index (κ2) is 9.46. The highest BCUT2D eigenvalue weighted by atomic mass is 32.2. The minimum atomic E-state index is -3.09. The fourth-order valence-corrected chi connectivity index (χ4v) is 7.06. The average molecular weight is 475 g/mol. The van der Waals surface area contributed by atoms with Gasteiger partial charge in [-0.1, -0.05) is 12.1 Å². The predicted octanol–water partition coefficient (Wildman–Crippen LogP) is 3.20. The molecule has 1 aliphatic carbocycles. The molecule has 9 heteroatoms. The van der Waals surface area contributed by atoms with Crippen molar-refractivity contribution in [3.63, 3.8) is 0 Å². The lowest BCUT2D eigenvalue weighted by molar-refractivity contribution is -0.111. The lowest BCUT2D eigenvalue weighted by atomic mass is 9.95. The number of carbonyl (C=O) groups excluding carboxylic acids is 2. The summed E-state index contributed by atoms with van der Waals surface area (Å²) >= 11 is 1.44. The summed E-state index contributed by atoms with van der Waals surface area (Å²) in [6.07, 6.45) is 7.28. The van der Waals surface area contributed by atoms with Crippen LogP contribution in [0.2, 0.25) is 0 Å². The molecule has 0 saturated carbocycles. The number of amides is 2. The molecule has 1 aromatic carbocycles. The Balaban J connectivity index is 1.51. The molecule has 2 N–H and O–H groups in total. The van der Waals surface area contributed by atoms with E-state index in [2.05, 4.69) is 10.6 Å². The Bertz CT molecular complexity index is 1150. The molecular formula is C23H26N2O5S2. The maximum atomic E-state index is 13.1. The summed E-state index contributed by atoms with van der Waals surface area (Å²) in [5.74, 6) is 0.177. The average Bonchev–Trinajstić information content (AvgIpc) is 3.31. The van der Waals surface area contributed by atoms with Crippen LogP contribution >= 0.6 is 11.3 Å². The number of rotatable bonds is 6. The van der Waals surface area contributed by atoms with Crippen LogP contribution in [0.25, 0.3) is 6.08 Å². The summed E-state index contributed by atoms with van der Waals surface area (Å²) in [4.78, 5) is 26.8. The van der Waals surface area contributed by atoms with E-state index in [-0.39, 0.29) is 29.4 Å². The molecule has 1 aliphatic heterocycles. The van der Waals surface area contributed by atoms with Crippen LogP contribution < -0.4 is 15.4 Å². The minimum absolute atomic E-state index is 0.0304.